The quantitative estimate of drug-likeness (QED) is 0.682. The summed E-state index contributed by atoms with van der Waals surface area (Å²) >= 11 is 0. The molecule has 0 aliphatic carbocycles. The van der Waals surface area contributed by atoms with E-state index < -0.39 is 0 Å². The minimum absolute atomic E-state index is 0.218. The molecule has 0 saturated carbocycles. The maximum Gasteiger partial charge on any atom is 0.407 e. The second kappa shape index (κ2) is 3.54. The summed E-state index contributed by atoms with van der Waals surface area (Å²) in [5.41, 5.74) is 0. The first-order chi connectivity index (χ1) is 6.31. The lowest BCUT2D eigenvalue weighted by atomic mass is 10.1. The second-order valence-electron chi connectivity index (χ2n) is 3.69. The molecule has 4 heteroatoms. The molecule has 2 atom stereocenters. The first-order valence-electron chi connectivity index (χ1n) is 4.98. The van der Waals surface area contributed by atoms with Gasteiger partial charge >= 0.3 is 6.09 Å². The summed E-state index contributed by atoms with van der Waals surface area (Å²) in [6.45, 7) is 4.93. The smallest absolute Gasteiger partial charge is 0.407 e. The van der Waals surface area contributed by atoms with E-state index in [1.807, 2.05) is 0 Å². The Balaban J connectivity index is 1.95. The monoisotopic (exact) mass is 184 g/mol. The van der Waals surface area contributed by atoms with Crippen LogP contribution in [0.15, 0.2) is 0 Å². The van der Waals surface area contributed by atoms with E-state index in [4.69, 9.17) is 4.74 Å². The molecule has 2 unspecified atom stereocenters. The minimum atomic E-state index is -0.257. The Kier molecular flexibility index (Phi) is 2.40. The van der Waals surface area contributed by atoms with Gasteiger partial charge in [0.1, 0.15) is 6.61 Å². The molecule has 0 aromatic heterocycles. The number of nitrogens with zero attached hydrogens (tertiary/aromatic N) is 1. The normalized spacial score (nSPS) is 34.7. The molecule has 0 aromatic carbocycles. The summed E-state index contributed by atoms with van der Waals surface area (Å²) in [5, 5.41) is 2.86. The van der Waals surface area contributed by atoms with Crippen molar-refractivity contribution in [2.45, 2.75) is 31.8 Å². The van der Waals surface area contributed by atoms with Crippen LogP contribution in [0.3, 0.4) is 0 Å². The zero-order valence-corrected chi connectivity index (χ0v) is 7.95. The largest absolute Gasteiger partial charge is 0.447 e. The van der Waals surface area contributed by atoms with E-state index in [1.165, 1.54) is 12.8 Å². The first kappa shape index (κ1) is 8.81. The zero-order valence-electron chi connectivity index (χ0n) is 7.95. The first-order valence-corrected chi connectivity index (χ1v) is 4.98. The number of ether oxygens (including phenoxy) is 1. The number of amides is 1. The molecule has 2 rings (SSSR count). The number of cyclic esters (lactones) is 1. The van der Waals surface area contributed by atoms with Crippen LogP contribution in [0.2, 0.25) is 0 Å². The molecule has 74 valence electrons. The van der Waals surface area contributed by atoms with Gasteiger partial charge in [-0.2, -0.15) is 0 Å². The van der Waals surface area contributed by atoms with E-state index in [2.05, 4.69) is 17.1 Å². The van der Waals surface area contributed by atoms with Crippen molar-refractivity contribution in [2.75, 3.05) is 19.7 Å². The van der Waals surface area contributed by atoms with Gasteiger partial charge in [0.15, 0.2) is 0 Å². The lowest BCUT2D eigenvalue weighted by Gasteiger charge is -2.26. The molecule has 2 fully saturated rings. The third-order valence-corrected chi connectivity index (χ3v) is 2.98. The fraction of sp³-hybridized carbons (Fsp3) is 0.889. The summed E-state index contributed by atoms with van der Waals surface area (Å²) in [7, 11) is 0. The average molecular weight is 184 g/mol. The Bertz CT molecular complexity index is 208. The Labute approximate surface area is 78.2 Å². The van der Waals surface area contributed by atoms with Crippen molar-refractivity contribution in [1.82, 2.24) is 10.2 Å². The molecule has 0 spiro atoms. The van der Waals surface area contributed by atoms with Crippen molar-refractivity contribution < 1.29 is 9.53 Å². The number of carbonyl (C=O) groups excluding carboxylic acids is 1. The van der Waals surface area contributed by atoms with Crippen molar-refractivity contribution in [1.29, 1.82) is 0 Å². The number of hydrogen-bond acceptors (Lipinski definition) is 3. The highest BCUT2D eigenvalue weighted by Gasteiger charge is 2.35. The van der Waals surface area contributed by atoms with Gasteiger partial charge in [-0.3, -0.25) is 4.90 Å². The number of likely N-dealkylation sites (N-methyl/N-ethyl adjacent to an activating group) is 1. The Morgan fingerprint density at radius 1 is 1.69 bits per heavy atom. The van der Waals surface area contributed by atoms with Gasteiger partial charge in [0.2, 0.25) is 0 Å². The third-order valence-electron chi connectivity index (χ3n) is 2.98. The predicted molar refractivity (Wildman–Crippen MR) is 48.5 cm³/mol. The highest BCUT2D eigenvalue weighted by Crippen LogP contribution is 2.21. The van der Waals surface area contributed by atoms with Crippen LogP contribution < -0.4 is 5.32 Å². The maximum absolute atomic E-state index is 10.9. The second-order valence-corrected chi connectivity index (χ2v) is 3.69. The van der Waals surface area contributed by atoms with Crippen molar-refractivity contribution in [2.24, 2.45) is 0 Å². The number of nitrogens with one attached hydrogen (secondary N) is 1. The van der Waals surface area contributed by atoms with Crippen LogP contribution in [0.25, 0.3) is 0 Å². The van der Waals surface area contributed by atoms with E-state index >= 15 is 0 Å². The SMILES string of the molecule is CCN1CCCC1C1COC(=O)N1. The van der Waals surface area contributed by atoms with Crippen molar-refractivity contribution in [3.05, 3.63) is 0 Å². The highest BCUT2D eigenvalue weighted by molar-refractivity contribution is 5.69. The molecule has 4 nitrogen and oxygen atoms in total. The molecule has 13 heavy (non-hydrogen) atoms. The van der Waals surface area contributed by atoms with Crippen LogP contribution in [0, 0.1) is 0 Å². The van der Waals surface area contributed by atoms with Crippen LogP contribution in [-0.4, -0.2) is 42.8 Å². The molecule has 2 aliphatic heterocycles. The van der Waals surface area contributed by atoms with Crippen LogP contribution >= 0.6 is 0 Å². The third kappa shape index (κ3) is 1.63. The van der Waals surface area contributed by atoms with E-state index in [0.717, 1.165) is 13.1 Å². The van der Waals surface area contributed by atoms with Gasteiger partial charge in [-0.25, -0.2) is 4.79 Å². The van der Waals surface area contributed by atoms with Crippen molar-refractivity contribution in [3.63, 3.8) is 0 Å². The van der Waals surface area contributed by atoms with Gasteiger partial charge in [0.05, 0.1) is 6.04 Å². The number of likely N-dealkylation sites (tertiary alicyclic amines) is 1. The number of alkyl carbamates (subject to hydrolysis) is 1. The fourth-order valence-corrected chi connectivity index (χ4v) is 2.31. The van der Waals surface area contributed by atoms with Crippen LogP contribution in [0.4, 0.5) is 4.79 Å². The van der Waals surface area contributed by atoms with Crippen molar-refractivity contribution in [3.8, 4) is 0 Å². The zero-order chi connectivity index (χ0) is 9.26. The van der Waals surface area contributed by atoms with Crippen molar-refractivity contribution >= 4 is 6.09 Å². The molecule has 1 N–H and O–H groups in total. The topological polar surface area (TPSA) is 41.6 Å². The lowest BCUT2D eigenvalue weighted by Crippen LogP contribution is -2.45. The molecule has 0 bridgehead atoms. The minimum Gasteiger partial charge on any atom is -0.447 e. The number of hydrogen-bond donors (Lipinski definition) is 1. The molecule has 0 aromatic rings. The molecule has 2 heterocycles. The van der Waals surface area contributed by atoms with E-state index in [9.17, 15) is 4.79 Å². The fourth-order valence-electron chi connectivity index (χ4n) is 2.31. The molecule has 2 aliphatic rings. The van der Waals surface area contributed by atoms with Gasteiger partial charge in [-0.1, -0.05) is 6.92 Å². The predicted octanol–water partition coefficient (Wildman–Crippen LogP) is 0.579. The molecular weight excluding hydrogens is 168 g/mol. The Hall–Kier alpha value is -0.770. The van der Waals surface area contributed by atoms with E-state index in [-0.39, 0.29) is 12.1 Å². The molecule has 2 saturated heterocycles. The summed E-state index contributed by atoms with van der Waals surface area (Å²) in [4.78, 5) is 13.3. The Morgan fingerprint density at radius 3 is 3.15 bits per heavy atom. The van der Waals surface area contributed by atoms with Crippen LogP contribution in [0.5, 0.6) is 0 Å². The van der Waals surface area contributed by atoms with Crippen LogP contribution in [0.1, 0.15) is 19.8 Å². The van der Waals surface area contributed by atoms with Gasteiger partial charge < -0.3 is 10.1 Å². The maximum atomic E-state index is 10.9. The summed E-state index contributed by atoms with van der Waals surface area (Å²) in [6.07, 6.45) is 2.17. The van der Waals surface area contributed by atoms with Gasteiger partial charge in [-0.05, 0) is 25.9 Å². The molecular formula is C9H16N2O2. The average Bonchev–Trinajstić information content (AvgIpc) is 2.71. The van der Waals surface area contributed by atoms with E-state index in [1.54, 1.807) is 0 Å². The standard InChI is InChI=1S/C9H16N2O2/c1-2-11-5-3-4-8(11)7-6-13-9(12)10-7/h7-8H,2-6H2,1H3,(H,10,12). The van der Waals surface area contributed by atoms with E-state index in [0.29, 0.717) is 12.6 Å². The summed E-state index contributed by atoms with van der Waals surface area (Å²) in [6, 6.07) is 0.714. The molecule has 0 radical (unpaired) electrons. The summed E-state index contributed by atoms with van der Waals surface area (Å²) in [5.74, 6) is 0. The lowest BCUT2D eigenvalue weighted by molar-refractivity contribution is 0.170. The van der Waals surface area contributed by atoms with Gasteiger partial charge in [-0.15, -0.1) is 0 Å². The van der Waals surface area contributed by atoms with Crippen LogP contribution in [-0.2, 0) is 4.74 Å². The van der Waals surface area contributed by atoms with Gasteiger partial charge in [0.25, 0.3) is 0 Å². The number of rotatable bonds is 2. The molecule has 1 amide bonds. The van der Waals surface area contributed by atoms with Gasteiger partial charge in [0, 0.05) is 6.04 Å². The number of carbonyl (C=O) groups is 1. The Morgan fingerprint density at radius 2 is 2.54 bits per heavy atom. The highest BCUT2D eigenvalue weighted by atomic mass is 16.6. The summed E-state index contributed by atoms with van der Waals surface area (Å²) < 4.78 is 4.89.